The number of rotatable bonds is 3. The first-order valence-corrected chi connectivity index (χ1v) is 7.78. The highest BCUT2D eigenvalue weighted by Crippen LogP contribution is 2.28. The summed E-state index contributed by atoms with van der Waals surface area (Å²) in [5.41, 5.74) is 1.65. The van der Waals surface area contributed by atoms with Crippen LogP contribution in [-0.4, -0.2) is 18.6 Å². The minimum Gasteiger partial charge on any atom is -0.488 e. The molecule has 5 heteroatoms. The Morgan fingerprint density at radius 1 is 1.33 bits per heavy atom. The number of halogens is 2. The maximum Gasteiger partial charge on any atom is 0.252 e. The molecule has 0 saturated heterocycles. The number of fused-ring (bicyclic) bond motifs is 1. The van der Waals surface area contributed by atoms with Crippen molar-refractivity contribution in [2.75, 3.05) is 6.54 Å². The van der Waals surface area contributed by atoms with Crippen LogP contribution in [0.3, 0.4) is 0 Å². The molecule has 0 bridgehead atoms. The fraction of sp³-hybridized carbons (Fsp3) is 0.188. The maximum atomic E-state index is 12.1. The van der Waals surface area contributed by atoms with Crippen molar-refractivity contribution in [2.45, 2.75) is 12.5 Å². The fourth-order valence-corrected chi connectivity index (χ4v) is 3.10. The summed E-state index contributed by atoms with van der Waals surface area (Å²) in [5, 5.41) is 3.30. The molecule has 1 unspecified atom stereocenters. The van der Waals surface area contributed by atoms with Gasteiger partial charge in [-0.05, 0) is 29.8 Å². The Labute approximate surface area is 136 Å². The third-order valence-corrected chi connectivity index (χ3v) is 4.19. The van der Waals surface area contributed by atoms with Gasteiger partial charge in [0, 0.05) is 10.9 Å². The van der Waals surface area contributed by atoms with E-state index in [1.54, 1.807) is 18.2 Å². The molecule has 0 radical (unpaired) electrons. The predicted molar refractivity (Wildman–Crippen MR) is 86.0 cm³/mol. The molecule has 0 aromatic heterocycles. The highest BCUT2D eigenvalue weighted by molar-refractivity contribution is 9.10. The van der Waals surface area contributed by atoms with Gasteiger partial charge in [-0.25, -0.2) is 0 Å². The van der Waals surface area contributed by atoms with E-state index in [4.69, 9.17) is 16.3 Å². The van der Waals surface area contributed by atoms with Crippen LogP contribution in [0, 0.1) is 0 Å². The first kappa shape index (κ1) is 14.4. The number of hydrogen-bond donors (Lipinski definition) is 1. The van der Waals surface area contributed by atoms with Gasteiger partial charge in [-0.15, -0.1) is 0 Å². The van der Waals surface area contributed by atoms with Gasteiger partial charge in [0.25, 0.3) is 5.91 Å². The molecule has 2 aromatic carbocycles. The second-order valence-corrected chi connectivity index (χ2v) is 6.21. The normalized spacial score (nSPS) is 16.2. The smallest absolute Gasteiger partial charge is 0.252 e. The zero-order valence-electron chi connectivity index (χ0n) is 11.1. The van der Waals surface area contributed by atoms with E-state index < -0.39 is 0 Å². The third kappa shape index (κ3) is 3.22. The van der Waals surface area contributed by atoms with Gasteiger partial charge in [0.1, 0.15) is 11.9 Å². The minimum absolute atomic E-state index is 0.0272. The van der Waals surface area contributed by atoms with Gasteiger partial charge in [-0.3, -0.25) is 4.79 Å². The van der Waals surface area contributed by atoms with Crippen molar-refractivity contribution in [1.82, 2.24) is 5.32 Å². The molecular formula is C16H13BrClNO2. The summed E-state index contributed by atoms with van der Waals surface area (Å²) in [5.74, 6) is 0.713. The van der Waals surface area contributed by atoms with Gasteiger partial charge in [0.2, 0.25) is 0 Å². The molecule has 1 atom stereocenters. The zero-order chi connectivity index (χ0) is 14.8. The van der Waals surface area contributed by atoms with Crippen LogP contribution in [0.25, 0.3) is 0 Å². The molecule has 3 rings (SSSR count). The summed E-state index contributed by atoms with van der Waals surface area (Å²) in [4.78, 5) is 12.1. The van der Waals surface area contributed by atoms with Gasteiger partial charge < -0.3 is 10.1 Å². The van der Waals surface area contributed by atoms with E-state index in [1.807, 2.05) is 24.3 Å². The van der Waals surface area contributed by atoms with Gasteiger partial charge in [0.15, 0.2) is 0 Å². The molecule has 2 aromatic rings. The molecule has 1 heterocycles. The largest absolute Gasteiger partial charge is 0.488 e. The molecule has 1 aliphatic heterocycles. The van der Waals surface area contributed by atoms with Crippen LogP contribution >= 0.6 is 27.5 Å². The lowest BCUT2D eigenvalue weighted by molar-refractivity contribution is 0.0933. The summed E-state index contributed by atoms with van der Waals surface area (Å²) >= 11 is 9.39. The van der Waals surface area contributed by atoms with Crippen LogP contribution in [-0.2, 0) is 6.42 Å². The van der Waals surface area contributed by atoms with Crippen LogP contribution < -0.4 is 10.1 Å². The quantitative estimate of drug-likeness (QED) is 0.896. The van der Waals surface area contributed by atoms with E-state index >= 15 is 0 Å². The highest BCUT2D eigenvalue weighted by Gasteiger charge is 2.23. The number of benzene rings is 2. The average molecular weight is 367 g/mol. The Kier molecular flexibility index (Phi) is 4.17. The van der Waals surface area contributed by atoms with E-state index in [9.17, 15) is 4.79 Å². The standard InChI is InChI=1S/C16H13BrClNO2/c17-11-5-6-13(14(18)8-11)16(20)19-9-12-7-10-3-1-2-4-15(10)21-12/h1-6,8,12H,7,9H2,(H,19,20). The Bertz CT molecular complexity index is 665. The van der Waals surface area contributed by atoms with Crippen molar-refractivity contribution in [3.8, 4) is 5.75 Å². The molecule has 3 nitrogen and oxygen atoms in total. The van der Waals surface area contributed by atoms with Crippen LogP contribution in [0.15, 0.2) is 46.9 Å². The minimum atomic E-state index is -0.188. The van der Waals surface area contributed by atoms with E-state index in [0.717, 1.165) is 16.6 Å². The molecule has 0 aliphatic carbocycles. The third-order valence-electron chi connectivity index (χ3n) is 3.38. The monoisotopic (exact) mass is 365 g/mol. The second-order valence-electron chi connectivity index (χ2n) is 4.89. The van der Waals surface area contributed by atoms with Crippen LogP contribution in [0.5, 0.6) is 5.75 Å². The summed E-state index contributed by atoms with van der Waals surface area (Å²) < 4.78 is 6.63. The number of amides is 1. The summed E-state index contributed by atoms with van der Waals surface area (Å²) in [7, 11) is 0. The molecule has 0 fully saturated rings. The summed E-state index contributed by atoms with van der Waals surface area (Å²) in [6, 6.07) is 13.1. The SMILES string of the molecule is O=C(NCC1Cc2ccccc2O1)c1ccc(Br)cc1Cl. The van der Waals surface area contributed by atoms with E-state index in [1.165, 1.54) is 5.56 Å². The maximum absolute atomic E-state index is 12.1. The fourth-order valence-electron chi connectivity index (χ4n) is 2.34. The Morgan fingerprint density at radius 3 is 2.90 bits per heavy atom. The van der Waals surface area contributed by atoms with Gasteiger partial charge in [0.05, 0.1) is 17.1 Å². The first-order chi connectivity index (χ1) is 10.1. The van der Waals surface area contributed by atoms with Crippen LogP contribution in [0.4, 0.5) is 0 Å². The van der Waals surface area contributed by atoms with Crippen molar-refractivity contribution >= 4 is 33.4 Å². The topological polar surface area (TPSA) is 38.3 Å². The van der Waals surface area contributed by atoms with Crippen molar-refractivity contribution in [3.05, 3.63) is 63.1 Å². The van der Waals surface area contributed by atoms with Crippen molar-refractivity contribution < 1.29 is 9.53 Å². The number of hydrogen-bond acceptors (Lipinski definition) is 2. The average Bonchev–Trinajstić information content (AvgIpc) is 2.87. The van der Waals surface area contributed by atoms with E-state index in [-0.39, 0.29) is 12.0 Å². The Balaban J connectivity index is 1.60. The molecular weight excluding hydrogens is 354 g/mol. The lowest BCUT2D eigenvalue weighted by Gasteiger charge is -2.12. The van der Waals surface area contributed by atoms with Crippen LogP contribution in [0.1, 0.15) is 15.9 Å². The number of para-hydroxylation sites is 1. The molecule has 0 saturated carbocycles. The molecule has 1 aliphatic rings. The lowest BCUT2D eigenvalue weighted by Crippen LogP contribution is -2.34. The molecule has 108 valence electrons. The van der Waals surface area contributed by atoms with E-state index in [0.29, 0.717) is 17.1 Å². The van der Waals surface area contributed by atoms with Crippen molar-refractivity contribution in [1.29, 1.82) is 0 Å². The van der Waals surface area contributed by atoms with Crippen molar-refractivity contribution in [3.63, 3.8) is 0 Å². The number of carbonyl (C=O) groups excluding carboxylic acids is 1. The predicted octanol–water partition coefficient (Wildman–Crippen LogP) is 3.84. The lowest BCUT2D eigenvalue weighted by atomic mass is 10.1. The van der Waals surface area contributed by atoms with Crippen LogP contribution in [0.2, 0.25) is 5.02 Å². The summed E-state index contributed by atoms with van der Waals surface area (Å²) in [6.45, 7) is 0.458. The number of nitrogens with one attached hydrogen (secondary N) is 1. The van der Waals surface area contributed by atoms with E-state index in [2.05, 4.69) is 21.2 Å². The highest BCUT2D eigenvalue weighted by atomic mass is 79.9. The molecule has 0 spiro atoms. The summed E-state index contributed by atoms with van der Waals surface area (Å²) in [6.07, 6.45) is 0.783. The Morgan fingerprint density at radius 2 is 2.14 bits per heavy atom. The van der Waals surface area contributed by atoms with Crippen molar-refractivity contribution in [2.24, 2.45) is 0 Å². The second kappa shape index (κ2) is 6.08. The molecule has 21 heavy (non-hydrogen) atoms. The zero-order valence-corrected chi connectivity index (χ0v) is 13.4. The first-order valence-electron chi connectivity index (χ1n) is 6.61. The number of ether oxygens (including phenoxy) is 1. The Hall–Kier alpha value is -1.52. The van der Waals surface area contributed by atoms with Gasteiger partial charge in [-0.2, -0.15) is 0 Å². The number of carbonyl (C=O) groups is 1. The van der Waals surface area contributed by atoms with Gasteiger partial charge in [-0.1, -0.05) is 45.7 Å². The van der Waals surface area contributed by atoms with Gasteiger partial charge >= 0.3 is 0 Å². The molecule has 1 N–H and O–H groups in total. The molecule has 1 amide bonds.